The van der Waals surface area contributed by atoms with Crippen LogP contribution in [0, 0.1) is 0 Å². The lowest BCUT2D eigenvalue weighted by atomic mass is 10.1. The first-order valence-electron chi connectivity index (χ1n) is 11.1. The number of hydrogen-bond acceptors (Lipinski definition) is 6. The fraction of sp³-hybridized carbons (Fsp3) is 0.591. The summed E-state index contributed by atoms with van der Waals surface area (Å²) in [6, 6.07) is 5.61. The highest BCUT2D eigenvalue weighted by atomic mass is 32.2. The maximum Gasteiger partial charge on any atom is 0.325 e. The van der Waals surface area contributed by atoms with Crippen LogP contribution < -0.4 is 10.6 Å². The SMILES string of the molecule is CCN(CC)S(=O)(=O)c1ccc(C(=O)NCC(=O)OCC(=O)NC2CCCCCC2)cc1. The Morgan fingerprint density at radius 3 is 2.16 bits per heavy atom. The van der Waals surface area contributed by atoms with Crippen molar-refractivity contribution >= 4 is 27.8 Å². The first kappa shape index (κ1) is 25.8. The third kappa shape index (κ3) is 7.59. The van der Waals surface area contributed by atoms with Gasteiger partial charge in [0.05, 0.1) is 4.90 Å². The van der Waals surface area contributed by atoms with E-state index >= 15 is 0 Å². The van der Waals surface area contributed by atoms with E-state index in [2.05, 4.69) is 10.6 Å². The lowest BCUT2D eigenvalue weighted by Gasteiger charge is -2.18. The molecule has 1 aliphatic carbocycles. The van der Waals surface area contributed by atoms with Gasteiger partial charge in [-0.3, -0.25) is 14.4 Å². The third-order valence-electron chi connectivity index (χ3n) is 5.44. The summed E-state index contributed by atoms with van der Waals surface area (Å²) in [6.07, 6.45) is 6.39. The van der Waals surface area contributed by atoms with Crippen LogP contribution in [0.3, 0.4) is 0 Å². The van der Waals surface area contributed by atoms with Gasteiger partial charge < -0.3 is 15.4 Å². The standard InChI is InChI=1S/C22H33N3O6S/c1-3-25(4-2)32(29,30)19-13-11-17(12-14-19)22(28)23-15-21(27)31-16-20(26)24-18-9-7-5-6-8-10-18/h11-14,18H,3-10,15-16H2,1-2H3,(H,23,28)(H,24,26). The van der Waals surface area contributed by atoms with Crippen LogP contribution in [-0.4, -0.2) is 62.8 Å². The number of ether oxygens (including phenoxy) is 1. The molecule has 10 heteroatoms. The zero-order chi connectivity index (χ0) is 23.6. The predicted molar refractivity (Wildman–Crippen MR) is 119 cm³/mol. The van der Waals surface area contributed by atoms with Crippen LogP contribution in [0.2, 0.25) is 0 Å². The topological polar surface area (TPSA) is 122 Å². The van der Waals surface area contributed by atoms with Crippen LogP contribution in [0.1, 0.15) is 62.7 Å². The van der Waals surface area contributed by atoms with Crippen LogP contribution in [0.5, 0.6) is 0 Å². The number of carbonyl (C=O) groups is 3. The highest BCUT2D eigenvalue weighted by Gasteiger charge is 2.22. The van der Waals surface area contributed by atoms with Crippen LogP contribution in [0.15, 0.2) is 29.2 Å². The molecule has 1 aromatic carbocycles. The Morgan fingerprint density at radius 1 is 1.00 bits per heavy atom. The van der Waals surface area contributed by atoms with Gasteiger partial charge in [0.15, 0.2) is 6.61 Å². The van der Waals surface area contributed by atoms with Gasteiger partial charge in [0.2, 0.25) is 10.0 Å². The molecule has 0 aliphatic heterocycles. The molecule has 0 heterocycles. The van der Waals surface area contributed by atoms with Gasteiger partial charge in [0.25, 0.3) is 11.8 Å². The number of esters is 1. The molecule has 1 fully saturated rings. The lowest BCUT2D eigenvalue weighted by Crippen LogP contribution is -2.38. The molecule has 1 aliphatic rings. The Balaban J connectivity index is 1.78. The molecule has 1 aromatic rings. The van der Waals surface area contributed by atoms with Gasteiger partial charge in [-0.15, -0.1) is 0 Å². The Kier molecular flexibility index (Phi) is 10.1. The second kappa shape index (κ2) is 12.5. The van der Waals surface area contributed by atoms with E-state index in [4.69, 9.17) is 4.74 Å². The number of hydrogen-bond donors (Lipinski definition) is 2. The second-order valence-corrected chi connectivity index (χ2v) is 9.65. The number of benzene rings is 1. The third-order valence-corrected chi connectivity index (χ3v) is 7.50. The van der Waals surface area contributed by atoms with Crippen LogP contribution >= 0.6 is 0 Å². The molecule has 0 radical (unpaired) electrons. The molecule has 9 nitrogen and oxygen atoms in total. The zero-order valence-corrected chi connectivity index (χ0v) is 19.6. The normalized spacial score (nSPS) is 15.1. The molecule has 178 valence electrons. The van der Waals surface area contributed by atoms with Gasteiger partial charge in [-0.1, -0.05) is 39.5 Å². The van der Waals surface area contributed by atoms with E-state index in [9.17, 15) is 22.8 Å². The van der Waals surface area contributed by atoms with Crippen LogP contribution in [-0.2, 0) is 24.3 Å². The number of carbonyl (C=O) groups excluding carboxylic acids is 3. The molecule has 0 saturated heterocycles. The summed E-state index contributed by atoms with van der Waals surface area (Å²) in [4.78, 5) is 36.1. The van der Waals surface area contributed by atoms with Crippen molar-refractivity contribution in [2.75, 3.05) is 26.2 Å². The molecule has 1 saturated carbocycles. The first-order chi connectivity index (χ1) is 15.3. The number of sulfonamides is 1. The van der Waals surface area contributed by atoms with Crippen molar-refractivity contribution in [1.29, 1.82) is 0 Å². The average molecular weight is 468 g/mol. The molecule has 0 bridgehead atoms. The number of rotatable bonds is 10. The molecule has 2 amide bonds. The van der Waals surface area contributed by atoms with Gasteiger partial charge in [-0.2, -0.15) is 4.31 Å². The number of nitrogens with one attached hydrogen (secondary N) is 2. The van der Waals surface area contributed by atoms with E-state index < -0.39 is 28.4 Å². The van der Waals surface area contributed by atoms with Crippen LogP contribution in [0.25, 0.3) is 0 Å². The molecular formula is C22H33N3O6S. The van der Waals surface area contributed by atoms with E-state index in [0.29, 0.717) is 13.1 Å². The van der Waals surface area contributed by atoms with Crippen molar-refractivity contribution in [1.82, 2.24) is 14.9 Å². The first-order valence-corrected chi connectivity index (χ1v) is 12.5. The minimum absolute atomic E-state index is 0.0943. The van der Waals surface area contributed by atoms with Crippen molar-refractivity contribution in [3.05, 3.63) is 29.8 Å². The van der Waals surface area contributed by atoms with E-state index in [1.54, 1.807) is 13.8 Å². The Bertz CT molecular complexity index is 873. The summed E-state index contributed by atoms with van der Waals surface area (Å²) in [5, 5.41) is 5.29. The highest BCUT2D eigenvalue weighted by Crippen LogP contribution is 2.17. The van der Waals surface area contributed by atoms with Crippen molar-refractivity contribution in [2.24, 2.45) is 0 Å². The van der Waals surface area contributed by atoms with Crippen molar-refractivity contribution < 1.29 is 27.5 Å². The summed E-state index contributed by atoms with van der Waals surface area (Å²) >= 11 is 0. The molecule has 0 unspecified atom stereocenters. The zero-order valence-electron chi connectivity index (χ0n) is 18.8. The van der Waals surface area contributed by atoms with E-state index in [-0.39, 0.29) is 29.0 Å². The molecule has 32 heavy (non-hydrogen) atoms. The minimum Gasteiger partial charge on any atom is -0.454 e. The summed E-state index contributed by atoms with van der Waals surface area (Å²) < 4.78 is 31.2. The summed E-state index contributed by atoms with van der Waals surface area (Å²) in [5.74, 6) is -1.62. The quantitative estimate of drug-likeness (QED) is 0.400. The Morgan fingerprint density at radius 2 is 1.59 bits per heavy atom. The molecule has 0 aromatic heterocycles. The smallest absolute Gasteiger partial charge is 0.325 e. The maximum absolute atomic E-state index is 12.5. The fourth-order valence-corrected chi connectivity index (χ4v) is 5.09. The van der Waals surface area contributed by atoms with Gasteiger partial charge in [0.1, 0.15) is 6.54 Å². The fourth-order valence-electron chi connectivity index (χ4n) is 3.64. The van der Waals surface area contributed by atoms with E-state index in [1.807, 2.05) is 0 Å². The molecule has 0 spiro atoms. The summed E-state index contributed by atoms with van der Waals surface area (Å²) in [5.41, 5.74) is 0.211. The molecular weight excluding hydrogens is 434 g/mol. The number of nitrogens with zero attached hydrogens (tertiary/aromatic N) is 1. The van der Waals surface area contributed by atoms with Gasteiger partial charge in [-0.25, -0.2) is 8.42 Å². The Labute approximate surface area is 189 Å². The number of amides is 2. The molecule has 0 atom stereocenters. The second-order valence-electron chi connectivity index (χ2n) is 7.71. The van der Waals surface area contributed by atoms with Crippen molar-refractivity contribution in [3.63, 3.8) is 0 Å². The van der Waals surface area contributed by atoms with Gasteiger partial charge >= 0.3 is 5.97 Å². The minimum atomic E-state index is -3.61. The molecule has 2 rings (SSSR count). The summed E-state index contributed by atoms with van der Waals surface area (Å²) in [6.45, 7) is 3.42. The molecule has 2 N–H and O–H groups in total. The monoisotopic (exact) mass is 467 g/mol. The highest BCUT2D eigenvalue weighted by molar-refractivity contribution is 7.89. The van der Waals surface area contributed by atoms with Gasteiger partial charge in [-0.05, 0) is 37.1 Å². The summed E-state index contributed by atoms with van der Waals surface area (Å²) in [7, 11) is -3.61. The van der Waals surface area contributed by atoms with Crippen molar-refractivity contribution in [3.8, 4) is 0 Å². The van der Waals surface area contributed by atoms with Crippen molar-refractivity contribution in [2.45, 2.75) is 63.3 Å². The average Bonchev–Trinajstić information content (AvgIpc) is 3.05. The Hall–Kier alpha value is -2.46. The predicted octanol–water partition coefficient (Wildman–Crippen LogP) is 1.83. The van der Waals surface area contributed by atoms with Gasteiger partial charge in [0, 0.05) is 24.7 Å². The van der Waals surface area contributed by atoms with E-state index in [0.717, 1.165) is 25.7 Å². The lowest BCUT2D eigenvalue weighted by molar-refractivity contribution is -0.147. The van der Waals surface area contributed by atoms with Crippen LogP contribution in [0.4, 0.5) is 0 Å². The maximum atomic E-state index is 12.5. The van der Waals surface area contributed by atoms with E-state index in [1.165, 1.54) is 41.4 Å². The largest absolute Gasteiger partial charge is 0.454 e.